The fraction of sp³-hybridized carbons (Fsp3) is 0.611. The van der Waals surface area contributed by atoms with Crippen LogP contribution < -0.4 is 4.74 Å². The van der Waals surface area contributed by atoms with E-state index in [4.69, 9.17) is 4.74 Å². The van der Waals surface area contributed by atoms with E-state index < -0.39 is 17.1 Å². The van der Waals surface area contributed by atoms with Gasteiger partial charge in [-0.25, -0.2) is 0 Å². The molecular formula is C36H46N2O5. The molecule has 2 bridgehead atoms. The molecule has 0 radical (unpaired) electrons. The maximum absolute atomic E-state index is 14.0. The molecule has 2 saturated carbocycles. The minimum atomic E-state index is -0.961. The van der Waals surface area contributed by atoms with Crippen LogP contribution in [0.1, 0.15) is 93.1 Å². The number of phenols is 1. The molecule has 7 rings (SSSR count). The van der Waals surface area contributed by atoms with Crippen LogP contribution in [0.15, 0.2) is 42.5 Å². The third-order valence-corrected chi connectivity index (χ3v) is 11.2. The number of phenolic OH excluding ortho intramolecular Hbond substituents is 1. The molecule has 5 aliphatic rings. The van der Waals surface area contributed by atoms with E-state index in [1.165, 1.54) is 18.4 Å². The number of carbonyl (C=O) groups is 2. The van der Waals surface area contributed by atoms with Gasteiger partial charge in [0, 0.05) is 43.1 Å². The van der Waals surface area contributed by atoms with Gasteiger partial charge in [-0.05, 0) is 81.4 Å². The molecule has 5 atom stereocenters. The van der Waals surface area contributed by atoms with Gasteiger partial charge in [-0.15, -0.1) is 0 Å². The molecule has 7 heteroatoms. The van der Waals surface area contributed by atoms with E-state index in [1.807, 2.05) is 41.3 Å². The Morgan fingerprint density at radius 3 is 2.56 bits per heavy atom. The number of aliphatic hydroxyl groups is 1. The lowest BCUT2D eigenvalue weighted by Gasteiger charge is -2.65. The molecule has 7 nitrogen and oxygen atoms in total. The van der Waals surface area contributed by atoms with Gasteiger partial charge in [-0.3, -0.25) is 14.5 Å². The van der Waals surface area contributed by atoms with Crippen LogP contribution in [0.2, 0.25) is 0 Å². The molecular weight excluding hydrogens is 540 g/mol. The molecule has 2 heterocycles. The number of hydrogen-bond acceptors (Lipinski definition) is 6. The molecule has 1 amide bonds. The SMILES string of the molecule is CC(C)CN(C(=O)CCCCC(=O)c1ccccc1)[C@@H]1CC[C@@]2(O)[C@@H]3Cc4ccc(O)c5c4[C@@]2(CCN3CC2CC2)[C@H]1O5. The minimum Gasteiger partial charge on any atom is -0.504 e. The highest BCUT2D eigenvalue weighted by molar-refractivity contribution is 5.96. The van der Waals surface area contributed by atoms with Crippen LogP contribution >= 0.6 is 0 Å². The second-order valence-electron chi connectivity index (χ2n) is 14.3. The zero-order chi connectivity index (χ0) is 29.9. The van der Waals surface area contributed by atoms with Gasteiger partial charge in [-0.1, -0.05) is 50.2 Å². The van der Waals surface area contributed by atoms with Crippen molar-refractivity contribution in [2.45, 2.75) is 107 Å². The van der Waals surface area contributed by atoms with E-state index in [2.05, 4.69) is 18.7 Å². The standard InChI is InChI=1S/C36H46N2O5/c1-23(2)21-38(31(41)11-7-6-10-28(39)25-8-4-3-5-9-25)27-16-17-36(42)30-20-26-14-15-29(40)33-32(26)35(36,34(27)43-33)18-19-37(30)22-24-12-13-24/h3-5,8-9,14-15,23-24,27,30,34,40,42H,6-7,10-13,16-22H2,1-2H3/t27-,30+,34+,35+,36-/m1/s1. The Kier molecular flexibility index (Phi) is 7.32. The van der Waals surface area contributed by atoms with Gasteiger partial charge in [0.05, 0.1) is 17.1 Å². The van der Waals surface area contributed by atoms with Crippen molar-refractivity contribution >= 4 is 11.7 Å². The summed E-state index contributed by atoms with van der Waals surface area (Å²) >= 11 is 0. The summed E-state index contributed by atoms with van der Waals surface area (Å²) in [5.74, 6) is 1.88. The second kappa shape index (κ2) is 10.9. The topological polar surface area (TPSA) is 90.3 Å². The zero-order valence-corrected chi connectivity index (χ0v) is 25.6. The van der Waals surface area contributed by atoms with Crippen molar-refractivity contribution in [3.8, 4) is 11.5 Å². The van der Waals surface area contributed by atoms with Crippen molar-refractivity contribution in [2.24, 2.45) is 11.8 Å². The van der Waals surface area contributed by atoms with Crippen molar-refractivity contribution in [1.82, 2.24) is 9.80 Å². The first-order valence-corrected chi connectivity index (χ1v) is 16.6. The molecule has 230 valence electrons. The number of rotatable bonds is 11. The Balaban J connectivity index is 1.14. The number of piperidine rings is 1. The van der Waals surface area contributed by atoms with Gasteiger partial charge >= 0.3 is 0 Å². The number of likely N-dealkylation sites (tertiary alicyclic amines) is 1. The number of unbranched alkanes of at least 4 members (excludes halogenated alkanes) is 1. The summed E-state index contributed by atoms with van der Waals surface area (Å²) in [6.45, 7) is 6.84. The van der Waals surface area contributed by atoms with Crippen LogP contribution in [-0.4, -0.2) is 75.1 Å². The lowest BCUT2D eigenvalue weighted by Crippen LogP contribution is -2.78. The van der Waals surface area contributed by atoms with Crippen LogP contribution in [0.5, 0.6) is 11.5 Å². The highest BCUT2D eigenvalue weighted by Crippen LogP contribution is 2.66. The molecule has 1 saturated heterocycles. The third kappa shape index (κ3) is 4.69. The lowest BCUT2D eigenvalue weighted by atomic mass is 9.48. The summed E-state index contributed by atoms with van der Waals surface area (Å²) in [6, 6.07) is 13.0. The number of aromatic hydroxyl groups is 1. The van der Waals surface area contributed by atoms with Gasteiger partial charge in [0.25, 0.3) is 0 Å². The molecule has 0 unspecified atom stereocenters. The van der Waals surface area contributed by atoms with Gasteiger partial charge in [0.2, 0.25) is 5.91 Å². The largest absolute Gasteiger partial charge is 0.504 e. The molecule has 3 aliphatic carbocycles. The molecule has 2 aliphatic heterocycles. The Hall–Kier alpha value is -2.90. The summed E-state index contributed by atoms with van der Waals surface area (Å²) in [7, 11) is 0. The third-order valence-electron chi connectivity index (χ3n) is 11.2. The lowest BCUT2D eigenvalue weighted by molar-refractivity contribution is -0.202. The Bertz CT molecular complexity index is 1390. The fourth-order valence-corrected chi connectivity index (χ4v) is 9.06. The number of benzene rings is 2. The van der Waals surface area contributed by atoms with Gasteiger partial charge in [0.15, 0.2) is 17.3 Å². The quantitative estimate of drug-likeness (QED) is 0.276. The minimum absolute atomic E-state index is 0.0216. The van der Waals surface area contributed by atoms with Crippen LogP contribution in [0.25, 0.3) is 0 Å². The van der Waals surface area contributed by atoms with E-state index in [-0.39, 0.29) is 35.4 Å². The number of ketones is 1. The average Bonchev–Trinajstić information content (AvgIpc) is 3.74. The number of hydrogen-bond donors (Lipinski definition) is 2. The highest BCUT2D eigenvalue weighted by Gasteiger charge is 2.73. The average molecular weight is 587 g/mol. The molecule has 0 aromatic heterocycles. The second-order valence-corrected chi connectivity index (χ2v) is 14.3. The number of nitrogens with zero attached hydrogens (tertiary/aromatic N) is 2. The van der Waals surface area contributed by atoms with Crippen LogP contribution in [-0.2, 0) is 16.6 Å². The van der Waals surface area contributed by atoms with Crippen molar-refractivity contribution in [3.05, 3.63) is 59.2 Å². The normalized spacial score (nSPS) is 30.6. The van der Waals surface area contributed by atoms with Crippen molar-refractivity contribution in [2.75, 3.05) is 19.6 Å². The Morgan fingerprint density at radius 1 is 1.05 bits per heavy atom. The fourth-order valence-electron chi connectivity index (χ4n) is 9.06. The van der Waals surface area contributed by atoms with E-state index in [1.54, 1.807) is 6.07 Å². The number of amides is 1. The highest BCUT2D eigenvalue weighted by atomic mass is 16.5. The maximum atomic E-state index is 14.0. The molecule has 2 aromatic rings. The van der Waals surface area contributed by atoms with Crippen molar-refractivity contribution < 1.29 is 24.5 Å². The van der Waals surface area contributed by atoms with E-state index in [0.717, 1.165) is 43.0 Å². The van der Waals surface area contributed by atoms with E-state index in [9.17, 15) is 19.8 Å². The summed E-state index contributed by atoms with van der Waals surface area (Å²) in [5.41, 5.74) is 1.30. The Labute approximate surface area is 255 Å². The van der Waals surface area contributed by atoms with E-state index in [0.29, 0.717) is 50.8 Å². The van der Waals surface area contributed by atoms with Crippen molar-refractivity contribution in [1.29, 1.82) is 0 Å². The maximum Gasteiger partial charge on any atom is 0.222 e. The summed E-state index contributed by atoms with van der Waals surface area (Å²) in [6.07, 6.45) is 7.13. The van der Waals surface area contributed by atoms with Gasteiger partial charge in [-0.2, -0.15) is 0 Å². The number of Topliss-reactive ketones (excluding diaryl/α,β-unsaturated/α-hetero) is 1. The molecule has 43 heavy (non-hydrogen) atoms. The predicted molar refractivity (Wildman–Crippen MR) is 164 cm³/mol. The first-order chi connectivity index (χ1) is 20.7. The first-order valence-electron chi connectivity index (χ1n) is 16.6. The monoisotopic (exact) mass is 586 g/mol. The smallest absolute Gasteiger partial charge is 0.222 e. The van der Waals surface area contributed by atoms with Crippen LogP contribution in [0.4, 0.5) is 0 Å². The van der Waals surface area contributed by atoms with Crippen LogP contribution in [0, 0.1) is 11.8 Å². The summed E-state index contributed by atoms with van der Waals surface area (Å²) in [5, 5.41) is 23.8. The molecule has 1 spiro atoms. The zero-order valence-electron chi connectivity index (χ0n) is 25.6. The molecule has 2 N–H and O–H groups in total. The van der Waals surface area contributed by atoms with Gasteiger partial charge < -0.3 is 19.8 Å². The van der Waals surface area contributed by atoms with Crippen molar-refractivity contribution in [3.63, 3.8) is 0 Å². The Morgan fingerprint density at radius 2 is 1.81 bits per heavy atom. The number of ether oxygens (including phenoxy) is 1. The number of carbonyl (C=O) groups excluding carboxylic acids is 2. The summed E-state index contributed by atoms with van der Waals surface area (Å²) < 4.78 is 6.77. The van der Waals surface area contributed by atoms with Crippen LogP contribution in [0.3, 0.4) is 0 Å². The molecule has 3 fully saturated rings. The predicted octanol–water partition coefficient (Wildman–Crippen LogP) is 5.25. The molecule has 2 aromatic carbocycles. The first kappa shape index (κ1) is 28.8. The van der Waals surface area contributed by atoms with Gasteiger partial charge in [0.1, 0.15) is 6.10 Å². The summed E-state index contributed by atoms with van der Waals surface area (Å²) in [4.78, 5) is 31.2. The van der Waals surface area contributed by atoms with E-state index >= 15 is 0 Å².